The van der Waals surface area contributed by atoms with Crippen LogP contribution in [-0.4, -0.2) is 74.3 Å². The molecule has 29 heavy (non-hydrogen) atoms. The van der Waals surface area contributed by atoms with Crippen LogP contribution in [0.25, 0.3) is 0 Å². The van der Waals surface area contributed by atoms with Crippen LogP contribution in [0.4, 0.5) is 21.8 Å². The van der Waals surface area contributed by atoms with Gasteiger partial charge in [-0.25, -0.2) is 9.37 Å². The lowest BCUT2D eigenvalue weighted by molar-refractivity contribution is 0.311. The molecular weight excluding hydrogens is 369 g/mol. The van der Waals surface area contributed by atoms with Gasteiger partial charge in [0.1, 0.15) is 23.3 Å². The van der Waals surface area contributed by atoms with Gasteiger partial charge in [0.2, 0.25) is 5.95 Å². The molecule has 0 spiro atoms. The van der Waals surface area contributed by atoms with Crippen molar-refractivity contribution >= 4 is 17.5 Å². The van der Waals surface area contributed by atoms with Crippen LogP contribution in [0, 0.1) is 24.1 Å². The van der Waals surface area contributed by atoms with Crippen molar-refractivity contribution in [3.63, 3.8) is 0 Å². The van der Waals surface area contributed by atoms with Crippen LogP contribution in [0.3, 0.4) is 0 Å². The van der Waals surface area contributed by atoms with Crippen LogP contribution in [-0.2, 0) is 0 Å². The van der Waals surface area contributed by atoms with Crippen molar-refractivity contribution in [1.82, 2.24) is 14.9 Å². The standard InChI is InChI=1S/C21H26FN7/c1-16-14-20(25-21(24-16)29-8-6-26(2)7-9-29)28-12-10-27(11-13-28)19-5-3-4-18(22)17(19)15-23/h3-5,14H,6-13H2,1-2H3. The van der Waals surface area contributed by atoms with E-state index >= 15 is 0 Å². The predicted octanol–water partition coefficient (Wildman–Crippen LogP) is 1.87. The third kappa shape index (κ3) is 4.10. The Morgan fingerprint density at radius 1 is 0.931 bits per heavy atom. The molecule has 0 radical (unpaired) electrons. The lowest BCUT2D eigenvalue weighted by Crippen LogP contribution is -2.48. The molecule has 0 amide bonds. The van der Waals surface area contributed by atoms with Gasteiger partial charge in [0.25, 0.3) is 0 Å². The van der Waals surface area contributed by atoms with E-state index in [1.807, 2.05) is 25.1 Å². The maximum atomic E-state index is 14.0. The van der Waals surface area contributed by atoms with Crippen molar-refractivity contribution in [2.75, 3.05) is 74.1 Å². The Hall–Kier alpha value is -2.92. The summed E-state index contributed by atoms with van der Waals surface area (Å²) in [6.07, 6.45) is 0. The number of rotatable bonds is 3. The molecule has 2 aromatic rings. The number of aryl methyl sites for hydroxylation is 1. The van der Waals surface area contributed by atoms with Crippen molar-refractivity contribution in [1.29, 1.82) is 5.26 Å². The van der Waals surface area contributed by atoms with Gasteiger partial charge < -0.3 is 19.6 Å². The smallest absolute Gasteiger partial charge is 0.227 e. The highest BCUT2D eigenvalue weighted by Crippen LogP contribution is 2.25. The zero-order valence-corrected chi connectivity index (χ0v) is 17.0. The topological polar surface area (TPSA) is 62.5 Å². The van der Waals surface area contributed by atoms with Crippen molar-refractivity contribution in [3.05, 3.63) is 41.3 Å². The third-order valence-electron chi connectivity index (χ3n) is 5.66. The normalized spacial score (nSPS) is 18.1. The Bertz CT molecular complexity index is 910. The van der Waals surface area contributed by atoms with Gasteiger partial charge in [-0.15, -0.1) is 0 Å². The molecule has 0 unspecified atom stereocenters. The molecule has 1 aromatic heterocycles. The summed E-state index contributed by atoms with van der Waals surface area (Å²) in [6, 6.07) is 8.84. The summed E-state index contributed by atoms with van der Waals surface area (Å²) in [4.78, 5) is 18.4. The first-order valence-corrected chi connectivity index (χ1v) is 10.0. The van der Waals surface area contributed by atoms with Gasteiger partial charge in [-0.2, -0.15) is 10.2 Å². The van der Waals surface area contributed by atoms with Gasteiger partial charge in [0.15, 0.2) is 0 Å². The fourth-order valence-electron chi connectivity index (χ4n) is 3.91. The fraction of sp³-hybridized carbons (Fsp3) is 0.476. The molecule has 2 fully saturated rings. The summed E-state index contributed by atoms with van der Waals surface area (Å²) in [5, 5.41) is 9.31. The molecule has 2 aliphatic heterocycles. The number of anilines is 3. The molecule has 3 heterocycles. The maximum Gasteiger partial charge on any atom is 0.227 e. The van der Waals surface area contributed by atoms with Crippen molar-refractivity contribution in [3.8, 4) is 6.07 Å². The third-order valence-corrected chi connectivity index (χ3v) is 5.66. The molecule has 8 heteroatoms. The van der Waals surface area contributed by atoms with E-state index in [-0.39, 0.29) is 5.56 Å². The molecule has 0 bridgehead atoms. The molecule has 0 saturated carbocycles. The molecule has 4 rings (SSSR count). The van der Waals surface area contributed by atoms with Gasteiger partial charge in [-0.05, 0) is 26.1 Å². The van der Waals surface area contributed by atoms with Crippen LogP contribution in [0.1, 0.15) is 11.3 Å². The molecule has 2 aliphatic rings. The fourth-order valence-corrected chi connectivity index (χ4v) is 3.91. The number of nitrogens with zero attached hydrogens (tertiary/aromatic N) is 7. The number of aromatic nitrogens is 2. The Kier molecular flexibility index (Phi) is 5.49. The second kappa shape index (κ2) is 8.21. The SMILES string of the molecule is Cc1cc(N2CCN(c3cccc(F)c3C#N)CC2)nc(N2CCN(C)CC2)n1. The molecule has 0 atom stereocenters. The summed E-state index contributed by atoms with van der Waals surface area (Å²) in [7, 11) is 2.13. The Morgan fingerprint density at radius 3 is 2.28 bits per heavy atom. The van der Waals surface area contributed by atoms with Crippen LogP contribution < -0.4 is 14.7 Å². The zero-order chi connectivity index (χ0) is 20.4. The summed E-state index contributed by atoms with van der Waals surface area (Å²) in [5.41, 5.74) is 1.75. The van der Waals surface area contributed by atoms with E-state index in [0.29, 0.717) is 18.8 Å². The number of halogens is 1. The zero-order valence-electron chi connectivity index (χ0n) is 17.0. The molecular formula is C21H26FN7. The summed E-state index contributed by atoms with van der Waals surface area (Å²) >= 11 is 0. The molecule has 152 valence electrons. The van der Waals surface area contributed by atoms with Crippen LogP contribution >= 0.6 is 0 Å². The number of hydrogen-bond acceptors (Lipinski definition) is 7. The number of benzene rings is 1. The minimum Gasteiger partial charge on any atom is -0.367 e. The Balaban J connectivity index is 1.48. The predicted molar refractivity (Wildman–Crippen MR) is 112 cm³/mol. The van der Waals surface area contributed by atoms with Gasteiger partial charge in [0, 0.05) is 64.1 Å². The number of nitriles is 1. The van der Waals surface area contributed by atoms with E-state index in [9.17, 15) is 9.65 Å². The first-order valence-electron chi connectivity index (χ1n) is 10.0. The average molecular weight is 395 g/mol. The second-order valence-electron chi connectivity index (χ2n) is 7.68. The Labute approximate surface area is 171 Å². The highest BCUT2D eigenvalue weighted by atomic mass is 19.1. The van der Waals surface area contributed by atoms with Gasteiger partial charge in [0.05, 0.1) is 5.69 Å². The Morgan fingerprint density at radius 2 is 1.59 bits per heavy atom. The molecule has 7 nitrogen and oxygen atoms in total. The summed E-state index contributed by atoms with van der Waals surface area (Å²) in [5.74, 6) is 1.27. The van der Waals surface area contributed by atoms with Crippen molar-refractivity contribution < 1.29 is 4.39 Å². The van der Waals surface area contributed by atoms with Crippen LogP contribution in [0.2, 0.25) is 0 Å². The van der Waals surface area contributed by atoms with Crippen LogP contribution in [0.15, 0.2) is 24.3 Å². The quantitative estimate of drug-likeness (QED) is 0.786. The minimum absolute atomic E-state index is 0.121. The lowest BCUT2D eigenvalue weighted by atomic mass is 10.1. The van der Waals surface area contributed by atoms with Crippen LogP contribution in [0.5, 0.6) is 0 Å². The summed E-state index contributed by atoms with van der Waals surface area (Å²) in [6.45, 7) is 8.86. The molecule has 2 saturated heterocycles. The average Bonchev–Trinajstić information content (AvgIpc) is 2.74. The number of likely N-dealkylation sites (N-methyl/N-ethyl adjacent to an activating group) is 1. The largest absolute Gasteiger partial charge is 0.367 e. The van der Waals surface area contributed by atoms with E-state index in [1.165, 1.54) is 6.07 Å². The second-order valence-corrected chi connectivity index (χ2v) is 7.68. The van der Waals surface area contributed by atoms with E-state index < -0.39 is 5.82 Å². The number of hydrogen-bond donors (Lipinski definition) is 0. The van der Waals surface area contributed by atoms with E-state index in [1.54, 1.807) is 6.07 Å². The van der Waals surface area contributed by atoms with Gasteiger partial charge in [-0.1, -0.05) is 6.07 Å². The van der Waals surface area contributed by atoms with Gasteiger partial charge >= 0.3 is 0 Å². The van der Waals surface area contributed by atoms with E-state index in [4.69, 9.17) is 4.98 Å². The molecule has 1 aromatic carbocycles. The minimum atomic E-state index is -0.462. The maximum absolute atomic E-state index is 14.0. The van der Waals surface area contributed by atoms with E-state index in [2.05, 4.69) is 31.6 Å². The molecule has 0 aliphatic carbocycles. The summed E-state index contributed by atoms with van der Waals surface area (Å²) < 4.78 is 14.0. The van der Waals surface area contributed by atoms with Gasteiger partial charge in [-0.3, -0.25) is 0 Å². The lowest BCUT2D eigenvalue weighted by Gasteiger charge is -2.38. The highest BCUT2D eigenvalue weighted by molar-refractivity contribution is 5.61. The highest BCUT2D eigenvalue weighted by Gasteiger charge is 2.23. The molecule has 0 N–H and O–H groups in total. The van der Waals surface area contributed by atoms with E-state index in [0.717, 1.165) is 56.7 Å². The first kappa shape index (κ1) is 19.4. The van der Waals surface area contributed by atoms with Crippen molar-refractivity contribution in [2.45, 2.75) is 6.92 Å². The number of piperazine rings is 2. The first-order chi connectivity index (χ1) is 14.0. The van der Waals surface area contributed by atoms with Crippen molar-refractivity contribution in [2.24, 2.45) is 0 Å². The monoisotopic (exact) mass is 395 g/mol.